The maximum absolute atomic E-state index is 10.1. The van der Waals surface area contributed by atoms with Gasteiger partial charge in [0.05, 0.1) is 5.60 Å². The first-order valence-corrected chi connectivity index (χ1v) is 7.42. The summed E-state index contributed by atoms with van der Waals surface area (Å²) >= 11 is 0. The maximum Gasteiger partial charge on any atom is 0.0632 e. The molecule has 0 amide bonds. The van der Waals surface area contributed by atoms with Crippen molar-refractivity contribution >= 4 is 10.9 Å². The Morgan fingerprint density at radius 1 is 1.30 bits per heavy atom. The van der Waals surface area contributed by atoms with Gasteiger partial charge in [-0.15, -0.1) is 0 Å². The van der Waals surface area contributed by atoms with Gasteiger partial charge in [-0.1, -0.05) is 12.1 Å². The lowest BCUT2D eigenvalue weighted by Crippen LogP contribution is -2.33. The molecule has 3 heteroatoms. The van der Waals surface area contributed by atoms with Crippen LogP contribution in [0, 0.1) is 5.92 Å². The number of benzene rings is 1. The summed E-state index contributed by atoms with van der Waals surface area (Å²) in [5.74, 6) is 0.390. The molecule has 1 aliphatic heterocycles. The largest absolute Gasteiger partial charge is 0.390 e. The second-order valence-electron chi connectivity index (χ2n) is 6.69. The van der Waals surface area contributed by atoms with Crippen LogP contribution in [0.2, 0.25) is 0 Å². The molecule has 3 rings (SSSR count). The van der Waals surface area contributed by atoms with Gasteiger partial charge in [0.15, 0.2) is 0 Å². The minimum atomic E-state index is -0.559. The van der Waals surface area contributed by atoms with Gasteiger partial charge in [0, 0.05) is 37.8 Å². The molecule has 3 nitrogen and oxygen atoms in total. The van der Waals surface area contributed by atoms with Crippen molar-refractivity contribution in [2.24, 2.45) is 13.0 Å². The number of rotatable bonds is 3. The van der Waals surface area contributed by atoms with Gasteiger partial charge in [-0.25, -0.2) is 0 Å². The second kappa shape index (κ2) is 4.90. The van der Waals surface area contributed by atoms with Crippen molar-refractivity contribution < 1.29 is 5.11 Å². The SMILES string of the molecule is Cn1ccc2ccc(CN3CC[C@@H](C(C)(C)O)C3)cc21. The molecule has 0 bridgehead atoms. The average Bonchev–Trinajstić information content (AvgIpc) is 2.97. The van der Waals surface area contributed by atoms with Crippen molar-refractivity contribution in [1.29, 1.82) is 0 Å². The van der Waals surface area contributed by atoms with E-state index >= 15 is 0 Å². The van der Waals surface area contributed by atoms with Crippen LogP contribution in [0.4, 0.5) is 0 Å². The predicted molar refractivity (Wildman–Crippen MR) is 82.6 cm³/mol. The monoisotopic (exact) mass is 272 g/mol. The van der Waals surface area contributed by atoms with Gasteiger partial charge in [-0.05, 0) is 49.9 Å². The Bertz CT molecular complexity index is 609. The van der Waals surface area contributed by atoms with Crippen molar-refractivity contribution in [3.63, 3.8) is 0 Å². The van der Waals surface area contributed by atoms with Crippen LogP contribution >= 0.6 is 0 Å². The van der Waals surface area contributed by atoms with E-state index < -0.39 is 5.60 Å². The van der Waals surface area contributed by atoms with Crippen molar-refractivity contribution in [1.82, 2.24) is 9.47 Å². The molecule has 1 fully saturated rings. The van der Waals surface area contributed by atoms with E-state index in [2.05, 4.69) is 47.0 Å². The zero-order valence-electron chi connectivity index (χ0n) is 12.6. The third-order valence-corrected chi connectivity index (χ3v) is 4.63. The lowest BCUT2D eigenvalue weighted by atomic mass is 9.90. The predicted octanol–water partition coefficient (Wildman–Crippen LogP) is 2.77. The Morgan fingerprint density at radius 2 is 2.10 bits per heavy atom. The van der Waals surface area contributed by atoms with Crippen molar-refractivity contribution in [2.45, 2.75) is 32.4 Å². The lowest BCUT2D eigenvalue weighted by Gasteiger charge is -2.25. The molecule has 1 atom stereocenters. The summed E-state index contributed by atoms with van der Waals surface area (Å²) in [7, 11) is 2.09. The van der Waals surface area contributed by atoms with Crippen LogP contribution in [0.3, 0.4) is 0 Å². The number of nitrogens with zero attached hydrogens (tertiary/aromatic N) is 2. The Kier molecular flexibility index (Phi) is 3.35. The summed E-state index contributed by atoms with van der Waals surface area (Å²) in [6.45, 7) is 6.91. The molecule has 108 valence electrons. The molecule has 0 aliphatic carbocycles. The molecule has 0 spiro atoms. The molecule has 1 N–H and O–H groups in total. The highest BCUT2D eigenvalue weighted by molar-refractivity contribution is 5.80. The summed E-state index contributed by atoms with van der Waals surface area (Å²) in [6.07, 6.45) is 3.20. The van der Waals surface area contributed by atoms with Crippen molar-refractivity contribution in [3.05, 3.63) is 36.0 Å². The number of hydrogen-bond acceptors (Lipinski definition) is 2. The molecule has 1 aromatic heterocycles. The Labute approximate surface area is 120 Å². The smallest absolute Gasteiger partial charge is 0.0632 e. The van der Waals surface area contributed by atoms with Gasteiger partial charge in [0.2, 0.25) is 0 Å². The van der Waals surface area contributed by atoms with E-state index in [0.29, 0.717) is 5.92 Å². The Balaban J connectivity index is 1.72. The molecule has 0 unspecified atom stereocenters. The number of likely N-dealkylation sites (tertiary alicyclic amines) is 1. The van der Waals surface area contributed by atoms with E-state index in [1.165, 1.54) is 16.5 Å². The summed E-state index contributed by atoms with van der Waals surface area (Å²) in [5, 5.41) is 11.4. The highest BCUT2D eigenvalue weighted by Crippen LogP contribution is 2.28. The van der Waals surface area contributed by atoms with Crippen LogP contribution in [-0.2, 0) is 13.6 Å². The third kappa shape index (κ3) is 2.60. The van der Waals surface area contributed by atoms with E-state index in [4.69, 9.17) is 0 Å². The van der Waals surface area contributed by atoms with Crippen LogP contribution < -0.4 is 0 Å². The standard InChI is InChI=1S/C17H24N2O/c1-17(2,20)15-7-9-19(12-15)11-13-4-5-14-6-8-18(3)16(14)10-13/h4-6,8,10,15,20H,7,9,11-12H2,1-3H3/t15-/m1/s1. The minimum Gasteiger partial charge on any atom is -0.390 e. The van der Waals surface area contributed by atoms with Crippen LogP contribution in [-0.4, -0.2) is 33.3 Å². The van der Waals surface area contributed by atoms with Gasteiger partial charge in [-0.3, -0.25) is 4.90 Å². The Hall–Kier alpha value is -1.32. The first-order valence-electron chi connectivity index (χ1n) is 7.42. The first-order chi connectivity index (χ1) is 9.43. The number of fused-ring (bicyclic) bond motifs is 1. The molecule has 2 aromatic rings. The van der Waals surface area contributed by atoms with E-state index in [1.54, 1.807) is 0 Å². The lowest BCUT2D eigenvalue weighted by molar-refractivity contribution is 0.0208. The molecular weight excluding hydrogens is 248 g/mol. The van der Waals surface area contributed by atoms with Gasteiger partial charge >= 0.3 is 0 Å². The summed E-state index contributed by atoms with van der Waals surface area (Å²) in [6, 6.07) is 8.86. The highest BCUT2D eigenvalue weighted by atomic mass is 16.3. The third-order valence-electron chi connectivity index (χ3n) is 4.63. The van der Waals surface area contributed by atoms with E-state index in [9.17, 15) is 5.11 Å². The van der Waals surface area contributed by atoms with Crippen LogP contribution in [0.15, 0.2) is 30.5 Å². The topological polar surface area (TPSA) is 28.4 Å². The molecule has 20 heavy (non-hydrogen) atoms. The zero-order valence-corrected chi connectivity index (χ0v) is 12.6. The molecule has 1 aliphatic rings. The minimum absolute atomic E-state index is 0.390. The molecular formula is C17H24N2O. The zero-order chi connectivity index (χ0) is 14.3. The summed E-state index contributed by atoms with van der Waals surface area (Å²) in [4.78, 5) is 2.45. The second-order valence-corrected chi connectivity index (χ2v) is 6.69. The Morgan fingerprint density at radius 3 is 2.80 bits per heavy atom. The molecule has 1 saturated heterocycles. The normalized spacial score (nSPS) is 20.9. The molecule has 0 saturated carbocycles. The maximum atomic E-state index is 10.1. The fraction of sp³-hybridized carbons (Fsp3) is 0.529. The van der Waals surface area contributed by atoms with Crippen LogP contribution in [0.5, 0.6) is 0 Å². The van der Waals surface area contributed by atoms with E-state index in [-0.39, 0.29) is 0 Å². The van der Waals surface area contributed by atoms with Gasteiger partial charge in [0.1, 0.15) is 0 Å². The quantitative estimate of drug-likeness (QED) is 0.930. The molecule has 1 aromatic carbocycles. The number of aliphatic hydroxyl groups is 1. The summed E-state index contributed by atoms with van der Waals surface area (Å²) in [5.41, 5.74) is 2.09. The van der Waals surface area contributed by atoms with Crippen LogP contribution in [0.1, 0.15) is 25.8 Å². The number of aromatic nitrogens is 1. The number of hydrogen-bond donors (Lipinski definition) is 1. The van der Waals surface area contributed by atoms with Gasteiger partial charge in [0.25, 0.3) is 0 Å². The fourth-order valence-electron chi connectivity index (χ4n) is 3.22. The van der Waals surface area contributed by atoms with Crippen molar-refractivity contribution in [2.75, 3.05) is 13.1 Å². The number of aryl methyl sites for hydroxylation is 1. The van der Waals surface area contributed by atoms with Crippen LogP contribution in [0.25, 0.3) is 10.9 Å². The van der Waals surface area contributed by atoms with Gasteiger partial charge in [-0.2, -0.15) is 0 Å². The van der Waals surface area contributed by atoms with Crippen molar-refractivity contribution in [3.8, 4) is 0 Å². The van der Waals surface area contributed by atoms with E-state index in [1.807, 2.05) is 13.8 Å². The van der Waals surface area contributed by atoms with E-state index in [0.717, 1.165) is 26.1 Å². The highest BCUT2D eigenvalue weighted by Gasteiger charge is 2.33. The van der Waals surface area contributed by atoms with Gasteiger partial charge < -0.3 is 9.67 Å². The molecule has 0 radical (unpaired) electrons. The summed E-state index contributed by atoms with van der Waals surface area (Å²) < 4.78 is 2.17. The molecule has 2 heterocycles. The first kappa shape index (κ1) is 13.7. The average molecular weight is 272 g/mol. The fourth-order valence-corrected chi connectivity index (χ4v) is 3.22.